The molecule has 1 aliphatic rings. The first-order valence-corrected chi connectivity index (χ1v) is 6.06. The number of nitriles is 1. The minimum atomic E-state index is -0.234. The van der Waals surface area contributed by atoms with E-state index in [1.807, 2.05) is 29.2 Å². The zero-order valence-corrected chi connectivity index (χ0v) is 10.4. The highest BCUT2D eigenvalue weighted by Crippen LogP contribution is 2.31. The van der Waals surface area contributed by atoms with Gasteiger partial charge in [0.05, 0.1) is 19.6 Å². The van der Waals surface area contributed by atoms with Gasteiger partial charge < -0.3 is 9.64 Å². The lowest BCUT2D eigenvalue weighted by molar-refractivity contribution is -0.139. The van der Waals surface area contributed by atoms with Crippen LogP contribution in [0.25, 0.3) is 0 Å². The highest BCUT2D eigenvalue weighted by molar-refractivity contribution is 5.72. The molecule has 0 radical (unpaired) electrons. The molecule has 2 rings (SSSR count). The Labute approximate surface area is 107 Å². The van der Waals surface area contributed by atoms with E-state index in [9.17, 15) is 4.79 Å². The third-order valence-electron chi connectivity index (χ3n) is 3.32. The molecule has 18 heavy (non-hydrogen) atoms. The third kappa shape index (κ3) is 2.62. The van der Waals surface area contributed by atoms with Crippen molar-refractivity contribution in [3.8, 4) is 6.19 Å². The molecule has 1 atom stereocenters. The van der Waals surface area contributed by atoms with Crippen LogP contribution in [-0.4, -0.2) is 24.5 Å². The quantitative estimate of drug-likeness (QED) is 0.603. The van der Waals surface area contributed by atoms with Crippen molar-refractivity contribution in [2.24, 2.45) is 0 Å². The van der Waals surface area contributed by atoms with E-state index in [2.05, 4.69) is 10.9 Å². The first kappa shape index (κ1) is 12.4. The second-order valence-electron chi connectivity index (χ2n) is 4.45. The number of esters is 1. The van der Waals surface area contributed by atoms with Crippen LogP contribution in [0.1, 0.15) is 30.0 Å². The molecule has 0 saturated carbocycles. The van der Waals surface area contributed by atoms with Gasteiger partial charge in [0.2, 0.25) is 0 Å². The average Bonchev–Trinajstić information content (AvgIpc) is 2.87. The average molecular weight is 244 g/mol. The fourth-order valence-corrected chi connectivity index (χ4v) is 2.33. The summed E-state index contributed by atoms with van der Waals surface area (Å²) in [6, 6.07) is 8.06. The van der Waals surface area contributed by atoms with Gasteiger partial charge >= 0.3 is 5.97 Å². The molecule has 0 aromatic heterocycles. The zero-order chi connectivity index (χ0) is 13.0. The summed E-state index contributed by atoms with van der Waals surface area (Å²) in [6.07, 6.45) is 4.60. The van der Waals surface area contributed by atoms with Crippen LogP contribution >= 0.6 is 0 Å². The summed E-state index contributed by atoms with van der Waals surface area (Å²) in [5, 5.41) is 9.02. The third-order valence-corrected chi connectivity index (χ3v) is 3.32. The van der Waals surface area contributed by atoms with Crippen LogP contribution in [-0.2, 0) is 16.0 Å². The maximum Gasteiger partial charge on any atom is 0.309 e. The topological polar surface area (TPSA) is 53.3 Å². The van der Waals surface area contributed by atoms with Gasteiger partial charge in [0.25, 0.3) is 0 Å². The van der Waals surface area contributed by atoms with E-state index < -0.39 is 0 Å². The van der Waals surface area contributed by atoms with Crippen LogP contribution in [0.15, 0.2) is 24.3 Å². The van der Waals surface area contributed by atoms with Crippen LogP contribution < -0.4 is 0 Å². The van der Waals surface area contributed by atoms with E-state index in [1.165, 1.54) is 7.11 Å². The molecule has 1 aliphatic heterocycles. The molecule has 1 aromatic rings. The standard InChI is InChI=1S/C14H16N2O2/c1-18-14(17)9-11-4-6-12(7-5-11)13-3-2-8-16(13)10-15/h4-7,13H,2-3,8-9H2,1H3. The van der Waals surface area contributed by atoms with Crippen LogP contribution in [0.4, 0.5) is 0 Å². The lowest BCUT2D eigenvalue weighted by Crippen LogP contribution is -2.16. The normalized spacial score (nSPS) is 18.4. The number of nitrogens with zero attached hydrogens (tertiary/aromatic N) is 2. The summed E-state index contributed by atoms with van der Waals surface area (Å²) < 4.78 is 4.63. The molecule has 0 bridgehead atoms. The smallest absolute Gasteiger partial charge is 0.309 e. The fourth-order valence-electron chi connectivity index (χ4n) is 2.33. The lowest BCUT2D eigenvalue weighted by atomic mass is 10.0. The molecule has 1 saturated heterocycles. The van der Waals surface area contributed by atoms with E-state index in [0.29, 0.717) is 6.42 Å². The van der Waals surface area contributed by atoms with Crippen LogP contribution in [0, 0.1) is 11.5 Å². The zero-order valence-electron chi connectivity index (χ0n) is 10.4. The number of rotatable bonds is 3. The van der Waals surface area contributed by atoms with Crippen molar-refractivity contribution in [1.29, 1.82) is 5.26 Å². The molecule has 4 heteroatoms. The van der Waals surface area contributed by atoms with Crippen LogP contribution in [0.2, 0.25) is 0 Å². The Morgan fingerprint density at radius 2 is 2.22 bits per heavy atom. The molecular weight excluding hydrogens is 228 g/mol. The Balaban J connectivity index is 2.08. The molecule has 94 valence electrons. The van der Waals surface area contributed by atoms with Gasteiger partial charge in [-0.2, -0.15) is 5.26 Å². The summed E-state index contributed by atoms with van der Waals surface area (Å²) in [6.45, 7) is 0.838. The Morgan fingerprint density at radius 1 is 1.50 bits per heavy atom. The first-order valence-electron chi connectivity index (χ1n) is 6.06. The summed E-state index contributed by atoms with van der Waals surface area (Å²) in [5.74, 6) is -0.234. The van der Waals surface area contributed by atoms with E-state index >= 15 is 0 Å². The molecule has 1 unspecified atom stereocenters. The van der Waals surface area contributed by atoms with Gasteiger partial charge in [0.1, 0.15) is 0 Å². The van der Waals surface area contributed by atoms with E-state index in [1.54, 1.807) is 0 Å². The Bertz CT molecular complexity index is 462. The highest BCUT2D eigenvalue weighted by Gasteiger charge is 2.24. The molecule has 0 N–H and O–H groups in total. The number of methoxy groups -OCH3 is 1. The summed E-state index contributed by atoms with van der Waals surface area (Å²) in [4.78, 5) is 13.0. The molecule has 1 heterocycles. The second kappa shape index (κ2) is 5.54. The monoisotopic (exact) mass is 244 g/mol. The number of carbonyl (C=O) groups excluding carboxylic acids is 1. The number of carbonyl (C=O) groups is 1. The van der Waals surface area contributed by atoms with Crippen molar-refractivity contribution in [3.63, 3.8) is 0 Å². The predicted octanol–water partition coefficient (Wildman–Crippen LogP) is 2.02. The van der Waals surface area contributed by atoms with Gasteiger partial charge in [-0.3, -0.25) is 4.79 Å². The Kier molecular flexibility index (Phi) is 3.83. The summed E-state index contributed by atoms with van der Waals surface area (Å²) >= 11 is 0. The van der Waals surface area contributed by atoms with Crippen molar-refractivity contribution in [3.05, 3.63) is 35.4 Å². The van der Waals surface area contributed by atoms with Gasteiger partial charge in [-0.15, -0.1) is 0 Å². The number of benzene rings is 1. The molecular formula is C14H16N2O2. The molecule has 0 aliphatic carbocycles. The summed E-state index contributed by atoms with van der Waals surface area (Å²) in [5.41, 5.74) is 2.08. The maximum absolute atomic E-state index is 11.1. The van der Waals surface area contributed by atoms with Gasteiger partial charge in [-0.25, -0.2) is 0 Å². The minimum absolute atomic E-state index is 0.196. The fraction of sp³-hybridized carbons (Fsp3) is 0.429. The first-order chi connectivity index (χ1) is 8.74. The summed E-state index contributed by atoms with van der Waals surface area (Å²) in [7, 11) is 1.39. The van der Waals surface area contributed by atoms with E-state index in [-0.39, 0.29) is 12.0 Å². The van der Waals surface area contributed by atoms with Crippen molar-refractivity contribution in [2.75, 3.05) is 13.7 Å². The lowest BCUT2D eigenvalue weighted by Gasteiger charge is -2.18. The van der Waals surface area contributed by atoms with Crippen molar-refractivity contribution < 1.29 is 9.53 Å². The number of likely N-dealkylation sites (tertiary alicyclic amines) is 1. The van der Waals surface area contributed by atoms with Gasteiger partial charge in [-0.05, 0) is 24.0 Å². The van der Waals surface area contributed by atoms with Gasteiger partial charge in [0, 0.05) is 6.54 Å². The maximum atomic E-state index is 11.1. The van der Waals surface area contributed by atoms with Crippen molar-refractivity contribution in [1.82, 2.24) is 4.90 Å². The SMILES string of the molecule is COC(=O)Cc1ccc(C2CCCN2C#N)cc1. The molecule has 0 amide bonds. The van der Waals surface area contributed by atoms with Crippen LogP contribution in [0.3, 0.4) is 0 Å². The minimum Gasteiger partial charge on any atom is -0.469 e. The van der Waals surface area contributed by atoms with Crippen LogP contribution in [0.5, 0.6) is 0 Å². The Hall–Kier alpha value is -2.02. The number of hydrogen-bond donors (Lipinski definition) is 0. The molecule has 1 aromatic carbocycles. The molecule has 1 fully saturated rings. The van der Waals surface area contributed by atoms with Gasteiger partial charge in [-0.1, -0.05) is 24.3 Å². The second-order valence-corrected chi connectivity index (χ2v) is 4.45. The largest absolute Gasteiger partial charge is 0.469 e. The van der Waals surface area contributed by atoms with E-state index in [4.69, 9.17) is 5.26 Å². The van der Waals surface area contributed by atoms with Crippen molar-refractivity contribution in [2.45, 2.75) is 25.3 Å². The highest BCUT2D eigenvalue weighted by atomic mass is 16.5. The van der Waals surface area contributed by atoms with Crippen molar-refractivity contribution >= 4 is 5.97 Å². The number of ether oxygens (including phenoxy) is 1. The van der Waals surface area contributed by atoms with Gasteiger partial charge in [0.15, 0.2) is 6.19 Å². The Morgan fingerprint density at radius 3 is 2.83 bits per heavy atom. The molecule has 0 spiro atoms. The molecule has 4 nitrogen and oxygen atoms in total. The van der Waals surface area contributed by atoms with E-state index in [0.717, 1.165) is 30.5 Å². The predicted molar refractivity (Wildman–Crippen MR) is 66.5 cm³/mol. The number of hydrogen-bond acceptors (Lipinski definition) is 4.